The molecule has 1 spiro atoms. The second kappa shape index (κ2) is 12.7. The summed E-state index contributed by atoms with van der Waals surface area (Å²) in [7, 11) is 8.38. The average Bonchev–Trinajstić information content (AvgIpc) is 3.82. The summed E-state index contributed by atoms with van der Waals surface area (Å²) in [5.41, 5.74) is 7.93. The number of ether oxygens (including phenoxy) is 5. The van der Waals surface area contributed by atoms with Gasteiger partial charge < -0.3 is 38.5 Å². The van der Waals surface area contributed by atoms with Gasteiger partial charge in [0.15, 0.2) is 0 Å². The number of nitrogens with zero attached hydrogens (tertiary/aromatic N) is 3. The van der Waals surface area contributed by atoms with Crippen LogP contribution in [0, 0.1) is 36.5 Å². The highest BCUT2D eigenvalue weighted by atomic mass is 16.5. The first kappa shape index (κ1) is 37.7. The minimum atomic E-state index is -0.579. The third-order valence-corrected chi connectivity index (χ3v) is 16.0. The van der Waals surface area contributed by atoms with Crippen molar-refractivity contribution in [3.05, 3.63) is 52.2 Å². The number of rotatable bonds is 6. The van der Waals surface area contributed by atoms with Crippen molar-refractivity contribution in [2.24, 2.45) is 36.6 Å². The Balaban J connectivity index is 1.21. The largest absolute Gasteiger partial charge is 0.496 e. The number of hydrogen-bond donors (Lipinski definition) is 1. The summed E-state index contributed by atoms with van der Waals surface area (Å²) in [6, 6.07) is 6.02. The Morgan fingerprint density at radius 3 is 2.43 bits per heavy atom. The summed E-state index contributed by atoms with van der Waals surface area (Å²) in [6.45, 7) is 12.4. The normalized spacial score (nSPS) is 35.4. The molecule has 308 valence electrons. The van der Waals surface area contributed by atoms with E-state index < -0.39 is 17.0 Å². The summed E-state index contributed by atoms with van der Waals surface area (Å²) in [5, 5.41) is 5.03. The molecule has 11 rings (SSSR count). The monoisotopic (exact) mass is 792 g/mol. The van der Waals surface area contributed by atoms with E-state index in [-0.39, 0.29) is 65.7 Å². The quantitative estimate of drug-likeness (QED) is 0.228. The van der Waals surface area contributed by atoms with Gasteiger partial charge in [-0.15, -0.1) is 0 Å². The Morgan fingerprint density at radius 2 is 1.76 bits per heavy atom. The second-order valence-electron chi connectivity index (χ2n) is 18.2. The molecule has 11 atom stereocenters. The van der Waals surface area contributed by atoms with Gasteiger partial charge in [0.05, 0.1) is 64.0 Å². The van der Waals surface area contributed by atoms with Crippen LogP contribution in [0.2, 0.25) is 0 Å². The molecule has 3 aromatic rings. The second-order valence-corrected chi connectivity index (χ2v) is 18.2. The minimum Gasteiger partial charge on any atom is -0.496 e. The number of esters is 2. The molecule has 12 heteroatoms. The standard InChI is InChI=1S/C46H56N4O8/c1-11-24-19-49-15-14-45-29-17-32(55-8)33(22(4)38(29)47-46(45,49)13-12-25(24)37(45)44(53)57-10)27-16-26-30(18-31(27)54-7)48(6)39-34(26)36(43(52)56-9)35-28-20-50(42(51)21(2)3)40(39)41(35)58-23(28)5/h11,16-18,21,23,25,28,35-37,40-41,47H,12-15,19-20H2,1-10H3/b24-11-/t23-,25-,28+,35-,36-,37?,40+,41-,45-,46-/m0/s1. The third-order valence-electron chi connectivity index (χ3n) is 16.0. The lowest BCUT2D eigenvalue weighted by molar-refractivity contribution is -0.154. The number of nitrogens with one attached hydrogen (secondary N) is 1. The molecule has 0 radical (unpaired) electrons. The molecule has 2 aliphatic carbocycles. The maximum atomic E-state index is 14.1. The van der Waals surface area contributed by atoms with Crippen LogP contribution in [-0.4, -0.2) is 98.2 Å². The summed E-state index contributed by atoms with van der Waals surface area (Å²) >= 11 is 0. The van der Waals surface area contributed by atoms with E-state index in [1.165, 1.54) is 19.8 Å². The first-order valence-corrected chi connectivity index (χ1v) is 21.1. The van der Waals surface area contributed by atoms with Crippen LogP contribution in [0.4, 0.5) is 5.69 Å². The van der Waals surface area contributed by atoms with Crippen LogP contribution in [0.5, 0.6) is 11.5 Å². The van der Waals surface area contributed by atoms with Crippen molar-refractivity contribution in [3.8, 4) is 22.6 Å². The molecular formula is C46H56N4O8. The van der Waals surface area contributed by atoms with Crippen LogP contribution in [-0.2, 0) is 41.1 Å². The molecule has 12 nitrogen and oxygen atoms in total. The third kappa shape index (κ3) is 4.35. The van der Waals surface area contributed by atoms with E-state index >= 15 is 0 Å². The maximum absolute atomic E-state index is 14.1. The molecule has 5 saturated heterocycles. The van der Waals surface area contributed by atoms with Crippen molar-refractivity contribution in [1.82, 2.24) is 14.4 Å². The number of aryl methyl sites for hydroxylation is 1. The van der Waals surface area contributed by atoms with Gasteiger partial charge in [-0.1, -0.05) is 25.5 Å². The van der Waals surface area contributed by atoms with Crippen LogP contribution in [0.1, 0.15) is 81.3 Å². The van der Waals surface area contributed by atoms with Crippen LogP contribution in [0.3, 0.4) is 0 Å². The summed E-state index contributed by atoms with van der Waals surface area (Å²) in [4.78, 5) is 46.8. The van der Waals surface area contributed by atoms with Gasteiger partial charge in [-0.2, -0.15) is 0 Å². The van der Waals surface area contributed by atoms with Gasteiger partial charge in [0.2, 0.25) is 5.91 Å². The first-order chi connectivity index (χ1) is 27.8. The van der Waals surface area contributed by atoms with E-state index in [0.29, 0.717) is 18.0 Å². The molecule has 58 heavy (non-hydrogen) atoms. The zero-order valence-electron chi connectivity index (χ0n) is 35.4. The topological polar surface area (TPSA) is 121 Å². The number of allylic oxidation sites excluding steroid dienone is 1. The van der Waals surface area contributed by atoms with E-state index in [0.717, 1.165) is 82.5 Å². The Kier molecular flexibility index (Phi) is 8.27. The van der Waals surface area contributed by atoms with Crippen molar-refractivity contribution < 1.29 is 38.1 Å². The fraction of sp³-hybridized carbons (Fsp3) is 0.587. The van der Waals surface area contributed by atoms with Crippen molar-refractivity contribution >= 4 is 34.4 Å². The van der Waals surface area contributed by atoms with Gasteiger partial charge in [0, 0.05) is 83.8 Å². The number of likely N-dealkylation sites (tertiary alicyclic amines) is 1. The molecule has 8 aliphatic rings. The smallest absolute Gasteiger partial charge is 0.313 e. The predicted molar refractivity (Wildman–Crippen MR) is 218 cm³/mol. The van der Waals surface area contributed by atoms with Crippen LogP contribution < -0.4 is 14.8 Å². The predicted octanol–water partition coefficient (Wildman–Crippen LogP) is 6.22. The molecular weight excluding hydrogens is 737 g/mol. The number of anilines is 1. The van der Waals surface area contributed by atoms with E-state index in [2.05, 4.69) is 59.8 Å². The number of piperidine rings is 1. The summed E-state index contributed by atoms with van der Waals surface area (Å²) < 4.78 is 32.7. The zero-order valence-corrected chi connectivity index (χ0v) is 35.4. The molecule has 1 amide bonds. The van der Waals surface area contributed by atoms with Gasteiger partial charge in [0.25, 0.3) is 0 Å². The Labute approximate surface area is 340 Å². The highest BCUT2D eigenvalue weighted by molar-refractivity contribution is 6.00. The van der Waals surface area contributed by atoms with Crippen molar-refractivity contribution in [2.75, 3.05) is 53.4 Å². The van der Waals surface area contributed by atoms with Gasteiger partial charge in [-0.25, -0.2) is 0 Å². The van der Waals surface area contributed by atoms with Crippen molar-refractivity contribution in [1.29, 1.82) is 0 Å². The lowest BCUT2D eigenvalue weighted by atomic mass is 9.54. The van der Waals surface area contributed by atoms with Gasteiger partial charge in [-0.05, 0) is 74.8 Å². The highest BCUT2D eigenvalue weighted by Gasteiger charge is 2.74. The molecule has 8 bridgehead atoms. The van der Waals surface area contributed by atoms with Gasteiger partial charge in [-0.3, -0.25) is 19.3 Å². The lowest BCUT2D eigenvalue weighted by Crippen LogP contribution is -2.63. The number of hydrogen-bond acceptors (Lipinski definition) is 10. The number of benzene rings is 2. The molecule has 2 aromatic carbocycles. The molecule has 6 aliphatic heterocycles. The van der Waals surface area contributed by atoms with Crippen LogP contribution in [0.15, 0.2) is 29.8 Å². The number of carbonyl (C=O) groups excluding carboxylic acids is 3. The number of methoxy groups -OCH3 is 4. The SMILES string of the molecule is C/C=C1/CN2CC[C@@]34c5cc(OC)c(-c6cc7c8c(n(C)c7cc6OC)[C@@H]6[C@H]7O[C@@H](C)[C@@H](CN6C(=O)C(C)C)[C@H]7[C@H]8C(=O)OC)c(C)c5N[C@@]23CC[C@@H]1C4C(=O)OC. The van der Waals surface area contributed by atoms with Gasteiger partial charge in [0.1, 0.15) is 17.2 Å². The van der Waals surface area contributed by atoms with E-state index in [1.807, 2.05) is 25.8 Å². The van der Waals surface area contributed by atoms with Crippen molar-refractivity contribution in [3.63, 3.8) is 0 Å². The zero-order chi connectivity index (χ0) is 40.9. The number of fused-ring (bicyclic) bond motifs is 7. The Hall–Kier alpha value is -4.55. The fourth-order valence-electron chi connectivity index (χ4n) is 13.7. The summed E-state index contributed by atoms with van der Waals surface area (Å²) in [6.07, 6.45) is 4.41. The van der Waals surface area contributed by atoms with E-state index in [1.54, 1.807) is 14.2 Å². The van der Waals surface area contributed by atoms with Crippen LogP contribution >= 0.6 is 0 Å². The lowest BCUT2D eigenvalue weighted by Gasteiger charge is -2.51. The van der Waals surface area contributed by atoms with Crippen LogP contribution in [0.25, 0.3) is 22.0 Å². The number of amides is 1. The number of aromatic nitrogens is 1. The Morgan fingerprint density at radius 1 is 1.02 bits per heavy atom. The molecule has 1 aromatic heterocycles. The highest BCUT2D eigenvalue weighted by Crippen LogP contribution is 2.69. The Bertz CT molecular complexity index is 2350. The van der Waals surface area contributed by atoms with Crippen molar-refractivity contribution in [2.45, 2.75) is 89.1 Å². The summed E-state index contributed by atoms with van der Waals surface area (Å²) in [5.74, 6) is -0.201. The fourth-order valence-corrected chi connectivity index (χ4v) is 13.7. The molecule has 7 heterocycles. The van der Waals surface area contributed by atoms with E-state index in [9.17, 15) is 14.4 Å². The molecule has 1 saturated carbocycles. The molecule has 6 fully saturated rings. The van der Waals surface area contributed by atoms with Gasteiger partial charge >= 0.3 is 11.9 Å². The van der Waals surface area contributed by atoms with E-state index in [4.69, 9.17) is 23.7 Å². The number of carbonyl (C=O) groups is 3. The first-order valence-electron chi connectivity index (χ1n) is 21.1. The maximum Gasteiger partial charge on any atom is 0.313 e. The molecule has 2 unspecified atom stereocenters. The molecule has 1 N–H and O–H groups in total. The average molecular weight is 793 g/mol. The minimum absolute atomic E-state index is 0.0234.